The predicted molar refractivity (Wildman–Crippen MR) is 101 cm³/mol. The van der Waals surface area contributed by atoms with Gasteiger partial charge in [0.15, 0.2) is 0 Å². The van der Waals surface area contributed by atoms with Crippen molar-refractivity contribution >= 4 is 26.0 Å². The van der Waals surface area contributed by atoms with Crippen LogP contribution in [0.2, 0.25) is 0 Å². The zero-order chi connectivity index (χ0) is 17.8. The van der Waals surface area contributed by atoms with E-state index < -0.39 is 10.0 Å². The summed E-state index contributed by atoms with van der Waals surface area (Å²) in [4.78, 5) is 2.56. The largest absolute Gasteiger partial charge is 0.496 e. The number of benzene rings is 1. The molecule has 0 saturated carbocycles. The molecule has 3 aliphatic heterocycles. The molecule has 4 rings (SSSR count). The number of methoxy groups -OCH3 is 1. The summed E-state index contributed by atoms with van der Waals surface area (Å²) in [7, 11) is -1.45. The predicted octanol–water partition coefficient (Wildman–Crippen LogP) is 2.80. The molecule has 2 saturated heterocycles. The van der Waals surface area contributed by atoms with Gasteiger partial charge in [0, 0.05) is 31.7 Å². The molecular weight excluding hydrogens is 404 g/mol. The second-order valence-electron chi connectivity index (χ2n) is 7.53. The van der Waals surface area contributed by atoms with E-state index >= 15 is 0 Å². The molecular formula is C18H25BrN2O3S. The van der Waals surface area contributed by atoms with Crippen molar-refractivity contribution in [1.29, 1.82) is 0 Å². The lowest BCUT2D eigenvalue weighted by Gasteiger charge is -2.51. The highest BCUT2D eigenvalue weighted by molar-refractivity contribution is 9.10. The number of hydrogen-bond acceptors (Lipinski definition) is 4. The van der Waals surface area contributed by atoms with Gasteiger partial charge < -0.3 is 4.74 Å². The summed E-state index contributed by atoms with van der Waals surface area (Å²) in [5.74, 6) is 1.33. The molecule has 3 aliphatic rings. The molecule has 0 aliphatic carbocycles. The van der Waals surface area contributed by atoms with Gasteiger partial charge in [-0.15, -0.1) is 0 Å². The Bertz CT molecular complexity index is 783. The minimum atomic E-state index is -3.14. The maximum Gasteiger partial charge on any atom is 0.211 e. The van der Waals surface area contributed by atoms with Crippen molar-refractivity contribution in [3.63, 3.8) is 0 Å². The van der Waals surface area contributed by atoms with Crippen molar-refractivity contribution in [2.24, 2.45) is 5.92 Å². The maximum absolute atomic E-state index is 12.3. The number of ether oxygens (including phenoxy) is 1. The summed E-state index contributed by atoms with van der Waals surface area (Å²) < 4.78 is 32.7. The Morgan fingerprint density at radius 2 is 2.08 bits per heavy atom. The van der Waals surface area contributed by atoms with Gasteiger partial charge in [0.05, 0.1) is 17.8 Å². The van der Waals surface area contributed by atoms with E-state index in [-0.39, 0.29) is 6.04 Å². The molecule has 3 heterocycles. The molecule has 0 spiro atoms. The van der Waals surface area contributed by atoms with Gasteiger partial charge in [-0.2, -0.15) is 4.31 Å². The molecule has 1 aromatic carbocycles. The molecule has 0 N–H and O–H groups in total. The molecule has 0 unspecified atom stereocenters. The molecule has 138 valence electrons. The number of halogens is 1. The molecule has 25 heavy (non-hydrogen) atoms. The second-order valence-corrected chi connectivity index (χ2v) is 10.3. The third kappa shape index (κ3) is 3.13. The van der Waals surface area contributed by atoms with E-state index in [0.29, 0.717) is 18.5 Å². The smallest absolute Gasteiger partial charge is 0.211 e. The highest BCUT2D eigenvalue weighted by atomic mass is 79.9. The van der Waals surface area contributed by atoms with E-state index in [9.17, 15) is 8.42 Å². The average molecular weight is 429 g/mol. The number of piperidine rings is 2. The van der Waals surface area contributed by atoms with Gasteiger partial charge in [0.1, 0.15) is 5.75 Å². The fraction of sp³-hybridized carbons (Fsp3) is 0.667. The number of rotatable bonds is 2. The first-order valence-corrected chi connectivity index (χ1v) is 11.6. The molecule has 5 nitrogen and oxygen atoms in total. The van der Waals surface area contributed by atoms with E-state index in [1.165, 1.54) is 17.4 Å². The van der Waals surface area contributed by atoms with Gasteiger partial charge in [-0.3, -0.25) is 4.90 Å². The highest BCUT2D eigenvalue weighted by Crippen LogP contribution is 2.45. The molecule has 0 aromatic heterocycles. The summed E-state index contributed by atoms with van der Waals surface area (Å²) in [5, 5.41) is 0. The van der Waals surface area contributed by atoms with Crippen LogP contribution in [0.3, 0.4) is 0 Å². The fourth-order valence-corrected chi connectivity index (χ4v) is 6.71. The van der Waals surface area contributed by atoms with Gasteiger partial charge in [-0.05, 0) is 70.8 Å². The molecule has 1 aromatic rings. The first kappa shape index (κ1) is 17.8. The van der Waals surface area contributed by atoms with Crippen molar-refractivity contribution in [1.82, 2.24) is 9.21 Å². The van der Waals surface area contributed by atoms with Crippen LogP contribution in [-0.2, 0) is 16.4 Å². The third-order valence-electron chi connectivity index (χ3n) is 6.11. The minimum Gasteiger partial charge on any atom is -0.496 e. The quantitative estimate of drug-likeness (QED) is 0.726. The molecule has 2 fully saturated rings. The summed E-state index contributed by atoms with van der Waals surface area (Å²) >= 11 is 3.61. The SMILES string of the molecule is COc1cc2c(cc1Br)[C@@H]1C[C@@H]3[C@H](CCCN3S(C)(=O)=O)CN1CC2. The Labute approximate surface area is 158 Å². The standard InChI is InChI=1S/C18H25BrN2O3S/c1-24-18-8-12-5-7-20-11-13-4-3-6-21(25(2,22)23)16(13)10-17(20)14(12)9-15(18)19/h8-9,13,16-17H,3-7,10-11H2,1-2H3/t13-,16-,17+/m1/s1. The topological polar surface area (TPSA) is 49.9 Å². The summed E-state index contributed by atoms with van der Waals surface area (Å²) in [6, 6.07) is 4.75. The van der Waals surface area contributed by atoms with Crippen LogP contribution in [0, 0.1) is 5.92 Å². The second kappa shape index (κ2) is 6.51. The molecule has 0 amide bonds. The summed E-state index contributed by atoms with van der Waals surface area (Å²) in [6.45, 7) is 2.72. The van der Waals surface area contributed by atoms with Gasteiger partial charge in [-0.1, -0.05) is 0 Å². The van der Waals surface area contributed by atoms with Crippen molar-refractivity contribution in [2.45, 2.75) is 37.8 Å². The van der Waals surface area contributed by atoms with Gasteiger partial charge >= 0.3 is 0 Å². The Morgan fingerprint density at radius 3 is 2.80 bits per heavy atom. The van der Waals surface area contributed by atoms with Crippen molar-refractivity contribution in [2.75, 3.05) is 33.0 Å². The van der Waals surface area contributed by atoms with Crippen LogP contribution in [-0.4, -0.2) is 56.7 Å². The van der Waals surface area contributed by atoms with Crippen LogP contribution in [0.1, 0.15) is 36.4 Å². The Morgan fingerprint density at radius 1 is 1.28 bits per heavy atom. The van der Waals surface area contributed by atoms with Crippen molar-refractivity contribution < 1.29 is 13.2 Å². The van der Waals surface area contributed by atoms with Crippen LogP contribution in [0.4, 0.5) is 0 Å². The van der Waals surface area contributed by atoms with E-state index in [1.807, 2.05) is 0 Å². The zero-order valence-electron chi connectivity index (χ0n) is 14.7. The lowest BCUT2D eigenvalue weighted by Crippen LogP contribution is -2.57. The zero-order valence-corrected chi connectivity index (χ0v) is 17.1. The fourth-order valence-electron chi connectivity index (χ4n) is 4.97. The van der Waals surface area contributed by atoms with Gasteiger partial charge in [-0.25, -0.2) is 8.42 Å². The first-order valence-electron chi connectivity index (χ1n) is 8.95. The van der Waals surface area contributed by atoms with Crippen molar-refractivity contribution in [3.05, 3.63) is 27.7 Å². The normalized spacial score (nSPS) is 30.3. The molecule has 7 heteroatoms. The molecule has 3 atom stereocenters. The number of fused-ring (bicyclic) bond motifs is 4. The minimum absolute atomic E-state index is 0.136. The Balaban J connectivity index is 1.69. The average Bonchev–Trinajstić information content (AvgIpc) is 2.58. The Hall–Kier alpha value is -0.630. The number of sulfonamides is 1. The van der Waals surface area contributed by atoms with Crippen LogP contribution in [0.5, 0.6) is 5.75 Å². The van der Waals surface area contributed by atoms with Crippen molar-refractivity contribution in [3.8, 4) is 5.75 Å². The van der Waals surface area contributed by atoms with Gasteiger partial charge in [0.25, 0.3) is 0 Å². The monoisotopic (exact) mass is 428 g/mol. The lowest BCUT2D eigenvalue weighted by atomic mass is 9.77. The van der Waals surface area contributed by atoms with E-state index in [0.717, 1.165) is 49.0 Å². The molecule has 0 bridgehead atoms. The summed E-state index contributed by atoms with van der Waals surface area (Å²) in [5.41, 5.74) is 2.66. The van der Waals surface area contributed by atoms with Crippen LogP contribution in [0.15, 0.2) is 16.6 Å². The van der Waals surface area contributed by atoms with Crippen LogP contribution in [0.25, 0.3) is 0 Å². The molecule has 0 radical (unpaired) electrons. The van der Waals surface area contributed by atoms with E-state index in [2.05, 4.69) is 33.0 Å². The van der Waals surface area contributed by atoms with Gasteiger partial charge in [0.2, 0.25) is 10.0 Å². The highest BCUT2D eigenvalue weighted by Gasteiger charge is 2.45. The van der Waals surface area contributed by atoms with E-state index in [1.54, 1.807) is 11.4 Å². The first-order chi connectivity index (χ1) is 11.9. The van der Waals surface area contributed by atoms with Crippen LogP contribution >= 0.6 is 15.9 Å². The number of nitrogens with zero attached hydrogens (tertiary/aromatic N) is 2. The van der Waals surface area contributed by atoms with Crippen LogP contribution < -0.4 is 4.74 Å². The maximum atomic E-state index is 12.3. The summed E-state index contributed by atoms with van der Waals surface area (Å²) in [6.07, 6.45) is 5.40. The lowest BCUT2D eigenvalue weighted by molar-refractivity contribution is 0.0222. The Kier molecular flexibility index (Phi) is 4.63. The third-order valence-corrected chi connectivity index (χ3v) is 8.03. The number of hydrogen-bond donors (Lipinski definition) is 0. The van der Waals surface area contributed by atoms with E-state index in [4.69, 9.17) is 4.74 Å².